The van der Waals surface area contributed by atoms with Crippen molar-refractivity contribution in [1.29, 1.82) is 0 Å². The lowest BCUT2D eigenvalue weighted by Gasteiger charge is -2.30. The number of methoxy groups -OCH3 is 1. The van der Waals surface area contributed by atoms with Crippen molar-refractivity contribution >= 4 is 33.7 Å². The van der Waals surface area contributed by atoms with E-state index in [0.717, 1.165) is 53.5 Å². The first-order valence-electron chi connectivity index (χ1n) is 8.35. The molecule has 2 aromatic carbocycles. The highest BCUT2D eigenvalue weighted by Crippen LogP contribution is 2.24. The molecule has 3 rings (SSSR count). The maximum absolute atomic E-state index is 6.26. The summed E-state index contributed by atoms with van der Waals surface area (Å²) in [5.41, 5.74) is 2.28. The summed E-state index contributed by atoms with van der Waals surface area (Å²) >= 11 is 9.77. The SMILES string of the molecule is COc1ccc(/C=N\N2CC[NH+](Cc3ccccc3Cl)CC2)cc1Br. The fraction of sp³-hybridized carbons (Fsp3) is 0.316. The Kier molecular flexibility index (Phi) is 6.34. The van der Waals surface area contributed by atoms with Crippen LogP contribution < -0.4 is 9.64 Å². The number of quaternary nitrogens is 1. The van der Waals surface area contributed by atoms with Gasteiger partial charge in [-0.25, -0.2) is 0 Å². The molecule has 0 unspecified atom stereocenters. The van der Waals surface area contributed by atoms with Gasteiger partial charge in [0, 0.05) is 10.6 Å². The summed E-state index contributed by atoms with van der Waals surface area (Å²) in [7, 11) is 1.66. The average Bonchev–Trinajstić information content (AvgIpc) is 2.63. The fourth-order valence-corrected chi connectivity index (χ4v) is 3.69. The zero-order chi connectivity index (χ0) is 17.6. The van der Waals surface area contributed by atoms with Crippen LogP contribution in [0.5, 0.6) is 5.75 Å². The number of nitrogens with zero attached hydrogens (tertiary/aromatic N) is 2. The molecule has 6 heteroatoms. The van der Waals surface area contributed by atoms with Crippen LogP contribution in [0.15, 0.2) is 52.0 Å². The van der Waals surface area contributed by atoms with E-state index in [4.69, 9.17) is 16.3 Å². The van der Waals surface area contributed by atoms with E-state index < -0.39 is 0 Å². The first-order valence-corrected chi connectivity index (χ1v) is 9.52. The Morgan fingerprint density at radius 3 is 2.68 bits per heavy atom. The molecule has 0 atom stereocenters. The summed E-state index contributed by atoms with van der Waals surface area (Å²) in [4.78, 5) is 1.55. The molecule has 0 aliphatic carbocycles. The van der Waals surface area contributed by atoms with Gasteiger partial charge in [0.05, 0.1) is 44.0 Å². The molecule has 25 heavy (non-hydrogen) atoms. The van der Waals surface area contributed by atoms with Gasteiger partial charge in [-0.1, -0.05) is 29.8 Å². The first kappa shape index (κ1) is 18.2. The number of hydrazone groups is 1. The number of hydrogen-bond donors (Lipinski definition) is 1. The third kappa shape index (κ3) is 4.97. The predicted molar refractivity (Wildman–Crippen MR) is 106 cm³/mol. The van der Waals surface area contributed by atoms with Crippen molar-refractivity contribution in [2.75, 3.05) is 33.3 Å². The van der Waals surface area contributed by atoms with E-state index in [0.29, 0.717) is 0 Å². The van der Waals surface area contributed by atoms with Crippen LogP contribution in [0.25, 0.3) is 0 Å². The van der Waals surface area contributed by atoms with Gasteiger partial charge in [-0.2, -0.15) is 5.10 Å². The molecule has 0 bridgehead atoms. The number of hydrogen-bond acceptors (Lipinski definition) is 3. The predicted octanol–water partition coefficient (Wildman–Crippen LogP) is 2.85. The molecule has 1 aliphatic heterocycles. The number of nitrogens with one attached hydrogen (secondary N) is 1. The minimum atomic E-state index is 0.828. The second kappa shape index (κ2) is 8.70. The van der Waals surface area contributed by atoms with Gasteiger partial charge in [0.1, 0.15) is 12.3 Å². The summed E-state index contributed by atoms with van der Waals surface area (Å²) in [5.74, 6) is 0.828. The minimum Gasteiger partial charge on any atom is -0.496 e. The third-order valence-electron chi connectivity index (χ3n) is 4.39. The van der Waals surface area contributed by atoms with Crippen LogP contribution in [-0.2, 0) is 6.54 Å². The molecule has 0 amide bonds. The number of halogens is 2. The first-order chi connectivity index (χ1) is 12.2. The van der Waals surface area contributed by atoms with Crippen molar-refractivity contribution in [3.63, 3.8) is 0 Å². The van der Waals surface area contributed by atoms with E-state index in [1.807, 2.05) is 42.6 Å². The standard InChI is InChI=1S/C19H21BrClN3O/c1-25-19-7-6-15(12-17(19)20)13-22-24-10-8-23(9-11-24)14-16-4-2-3-5-18(16)21/h2-7,12-13H,8-11,14H2,1H3/p+1/b22-13-. The van der Waals surface area contributed by atoms with Crippen molar-refractivity contribution in [2.24, 2.45) is 5.10 Å². The summed E-state index contributed by atoms with van der Waals surface area (Å²) in [6, 6.07) is 14.1. The second-order valence-electron chi connectivity index (χ2n) is 6.11. The van der Waals surface area contributed by atoms with Crippen molar-refractivity contribution in [1.82, 2.24) is 5.01 Å². The van der Waals surface area contributed by atoms with Crippen molar-refractivity contribution < 1.29 is 9.64 Å². The van der Waals surface area contributed by atoms with Crippen LogP contribution in [0.3, 0.4) is 0 Å². The zero-order valence-electron chi connectivity index (χ0n) is 14.2. The lowest BCUT2D eigenvalue weighted by Crippen LogP contribution is -3.13. The summed E-state index contributed by atoms with van der Waals surface area (Å²) in [6.45, 7) is 5.01. The summed E-state index contributed by atoms with van der Waals surface area (Å²) in [5, 5.41) is 7.61. The molecule has 2 aromatic rings. The Balaban J connectivity index is 1.52. The van der Waals surface area contributed by atoms with Gasteiger partial charge in [-0.05, 0) is 45.8 Å². The molecule has 1 aliphatic rings. The van der Waals surface area contributed by atoms with E-state index in [2.05, 4.69) is 32.1 Å². The monoisotopic (exact) mass is 422 g/mol. The maximum atomic E-state index is 6.26. The molecule has 1 heterocycles. The number of benzene rings is 2. The summed E-state index contributed by atoms with van der Waals surface area (Å²) < 4.78 is 6.19. The Morgan fingerprint density at radius 1 is 1.24 bits per heavy atom. The Morgan fingerprint density at radius 2 is 2.00 bits per heavy atom. The molecule has 1 saturated heterocycles. The van der Waals surface area contributed by atoms with Gasteiger partial charge in [0.2, 0.25) is 0 Å². The second-order valence-corrected chi connectivity index (χ2v) is 7.37. The van der Waals surface area contributed by atoms with Gasteiger partial charge >= 0.3 is 0 Å². The van der Waals surface area contributed by atoms with Crippen LogP contribution >= 0.6 is 27.5 Å². The lowest BCUT2D eigenvalue weighted by atomic mass is 10.2. The maximum Gasteiger partial charge on any atom is 0.133 e. The highest BCUT2D eigenvalue weighted by atomic mass is 79.9. The van der Waals surface area contributed by atoms with Gasteiger partial charge < -0.3 is 9.64 Å². The molecule has 0 spiro atoms. The van der Waals surface area contributed by atoms with E-state index in [9.17, 15) is 0 Å². The zero-order valence-corrected chi connectivity index (χ0v) is 16.6. The van der Waals surface area contributed by atoms with Gasteiger partial charge in [0.15, 0.2) is 0 Å². The Hall–Kier alpha value is -1.56. The average molecular weight is 424 g/mol. The van der Waals surface area contributed by atoms with Crippen LogP contribution in [0.2, 0.25) is 5.02 Å². The lowest BCUT2D eigenvalue weighted by molar-refractivity contribution is -0.918. The molecular weight excluding hydrogens is 402 g/mol. The highest BCUT2D eigenvalue weighted by molar-refractivity contribution is 9.10. The molecule has 1 fully saturated rings. The Bertz CT molecular complexity index is 745. The topological polar surface area (TPSA) is 29.3 Å². The van der Waals surface area contributed by atoms with Crippen LogP contribution in [0, 0.1) is 0 Å². The van der Waals surface area contributed by atoms with Gasteiger partial charge in [0.25, 0.3) is 0 Å². The van der Waals surface area contributed by atoms with Crippen LogP contribution in [-0.4, -0.2) is 44.5 Å². The van der Waals surface area contributed by atoms with Crippen molar-refractivity contribution in [3.8, 4) is 5.75 Å². The van der Waals surface area contributed by atoms with Crippen LogP contribution in [0.4, 0.5) is 0 Å². The number of rotatable bonds is 5. The third-order valence-corrected chi connectivity index (χ3v) is 5.38. The molecule has 4 nitrogen and oxygen atoms in total. The molecule has 1 N–H and O–H groups in total. The van der Waals surface area contributed by atoms with E-state index >= 15 is 0 Å². The largest absolute Gasteiger partial charge is 0.496 e. The normalized spacial score (nSPS) is 15.7. The molecule has 0 aromatic heterocycles. The van der Waals surface area contributed by atoms with E-state index in [1.165, 1.54) is 5.56 Å². The molecular formula is C19H22BrClN3O+. The number of ether oxygens (including phenoxy) is 1. The van der Waals surface area contributed by atoms with Gasteiger partial charge in [-0.3, -0.25) is 5.01 Å². The van der Waals surface area contributed by atoms with Crippen LogP contribution in [0.1, 0.15) is 11.1 Å². The molecule has 0 saturated carbocycles. The smallest absolute Gasteiger partial charge is 0.133 e. The van der Waals surface area contributed by atoms with E-state index in [-0.39, 0.29) is 0 Å². The van der Waals surface area contributed by atoms with Crippen molar-refractivity contribution in [3.05, 3.63) is 63.1 Å². The molecule has 132 valence electrons. The fourth-order valence-electron chi connectivity index (χ4n) is 2.93. The highest BCUT2D eigenvalue weighted by Gasteiger charge is 2.19. The minimum absolute atomic E-state index is 0.828. The molecule has 0 radical (unpaired) electrons. The van der Waals surface area contributed by atoms with Gasteiger partial charge in [-0.15, -0.1) is 0 Å². The van der Waals surface area contributed by atoms with E-state index in [1.54, 1.807) is 12.0 Å². The van der Waals surface area contributed by atoms with Crippen molar-refractivity contribution in [2.45, 2.75) is 6.54 Å². The number of piperazine rings is 1. The summed E-state index contributed by atoms with van der Waals surface area (Å²) in [6.07, 6.45) is 1.91. The Labute approximate surface area is 162 Å². The quantitative estimate of drug-likeness (QED) is 0.749.